The lowest BCUT2D eigenvalue weighted by atomic mass is 10.2. The Morgan fingerprint density at radius 2 is 1.54 bits per heavy atom. The minimum atomic E-state index is -4.75. The second-order valence-electron chi connectivity index (χ2n) is 4.69. The number of rotatable bonds is 4. The van der Waals surface area contributed by atoms with Gasteiger partial charge in [0.1, 0.15) is 0 Å². The molecule has 128 valence electrons. The molecule has 0 bridgehead atoms. The first-order valence-electron chi connectivity index (χ1n) is 6.40. The fraction of sp³-hybridized carbons (Fsp3) is 0.0667. The Hall–Kier alpha value is -1.70. The van der Waals surface area contributed by atoms with Crippen molar-refractivity contribution >= 4 is 45.0 Å². The molecule has 2 aromatic carbocycles. The summed E-state index contributed by atoms with van der Waals surface area (Å²) in [5, 5.41) is 1.09. The van der Waals surface area contributed by atoms with E-state index in [1.165, 1.54) is 6.08 Å². The molecule has 0 amide bonds. The number of anilines is 1. The number of alkyl halides is 3. The second-order valence-corrected chi connectivity index (χ2v) is 7.13. The van der Waals surface area contributed by atoms with Crippen molar-refractivity contribution in [1.29, 1.82) is 0 Å². The van der Waals surface area contributed by atoms with E-state index in [0.717, 1.165) is 17.5 Å². The Morgan fingerprint density at radius 3 is 2.12 bits per heavy atom. The van der Waals surface area contributed by atoms with E-state index in [9.17, 15) is 21.6 Å². The molecule has 2 rings (SSSR count). The molecule has 0 saturated carbocycles. The van der Waals surface area contributed by atoms with Gasteiger partial charge in [0, 0.05) is 10.0 Å². The van der Waals surface area contributed by atoms with E-state index in [4.69, 9.17) is 23.2 Å². The molecule has 0 aliphatic heterocycles. The molecule has 1 N–H and O–H groups in total. The van der Waals surface area contributed by atoms with Gasteiger partial charge in [0.2, 0.25) is 0 Å². The summed E-state index contributed by atoms with van der Waals surface area (Å²) in [7, 11) is -4.15. The minimum absolute atomic E-state index is 0.151. The molecule has 0 aliphatic rings. The first-order valence-corrected chi connectivity index (χ1v) is 8.70. The van der Waals surface area contributed by atoms with Crippen molar-refractivity contribution in [3.63, 3.8) is 0 Å². The highest BCUT2D eigenvalue weighted by Gasteiger charge is 2.34. The molecular formula is C15H10Cl2F3NO2S. The number of hydrogen-bond donors (Lipinski definition) is 1. The van der Waals surface area contributed by atoms with Crippen molar-refractivity contribution in [1.82, 2.24) is 0 Å². The molecule has 0 spiro atoms. The van der Waals surface area contributed by atoms with Crippen LogP contribution in [0.3, 0.4) is 0 Å². The number of nitrogens with one attached hydrogen (secondary N) is 1. The molecule has 0 fully saturated rings. The molecule has 0 saturated heterocycles. The SMILES string of the molecule is O=S(=O)(/C=C/c1ccc(Cl)cc1)Nc1ccc(Cl)cc1C(F)(F)F. The molecule has 0 aliphatic carbocycles. The van der Waals surface area contributed by atoms with Crippen LogP contribution < -0.4 is 4.72 Å². The first-order chi connectivity index (χ1) is 11.1. The zero-order chi connectivity index (χ0) is 18.0. The van der Waals surface area contributed by atoms with Gasteiger partial charge in [0.25, 0.3) is 10.0 Å². The predicted molar refractivity (Wildman–Crippen MR) is 89.5 cm³/mol. The summed E-state index contributed by atoms with van der Waals surface area (Å²) in [6, 6.07) is 9.03. The maximum absolute atomic E-state index is 13.0. The Balaban J connectivity index is 2.28. The predicted octanol–water partition coefficient (Wildman–Crippen LogP) is 5.42. The zero-order valence-corrected chi connectivity index (χ0v) is 14.1. The Labute approximate surface area is 146 Å². The smallest absolute Gasteiger partial charge is 0.280 e. The van der Waals surface area contributed by atoms with Crippen molar-refractivity contribution in [3.8, 4) is 0 Å². The van der Waals surface area contributed by atoms with Crippen molar-refractivity contribution in [3.05, 3.63) is 69.0 Å². The topological polar surface area (TPSA) is 46.2 Å². The lowest BCUT2D eigenvalue weighted by molar-refractivity contribution is -0.136. The standard InChI is InChI=1S/C15H10Cl2F3NO2S/c16-11-3-1-10(2-4-11)7-8-24(22,23)21-14-6-5-12(17)9-13(14)15(18,19)20/h1-9,21H/b8-7+. The van der Waals surface area contributed by atoms with Crippen LogP contribution in [0.25, 0.3) is 6.08 Å². The second kappa shape index (κ2) is 7.04. The maximum Gasteiger partial charge on any atom is 0.418 e. The molecule has 2 aromatic rings. The molecule has 0 heterocycles. The third-order valence-corrected chi connectivity index (χ3v) is 4.33. The number of benzene rings is 2. The fourth-order valence-corrected chi connectivity index (χ4v) is 2.96. The Morgan fingerprint density at radius 1 is 0.958 bits per heavy atom. The van der Waals surface area contributed by atoms with Crippen molar-refractivity contribution in [2.75, 3.05) is 4.72 Å². The van der Waals surface area contributed by atoms with Gasteiger partial charge in [-0.2, -0.15) is 13.2 Å². The molecule has 0 radical (unpaired) electrons. The number of sulfonamides is 1. The summed E-state index contributed by atoms with van der Waals surface area (Å²) < 4.78 is 64.7. The molecule has 9 heteroatoms. The summed E-state index contributed by atoms with van der Waals surface area (Å²) in [5.74, 6) is 0. The van der Waals surface area contributed by atoms with Crippen molar-refractivity contribution in [2.45, 2.75) is 6.18 Å². The van der Waals surface area contributed by atoms with Crippen LogP contribution in [0.1, 0.15) is 11.1 Å². The van der Waals surface area contributed by atoms with Gasteiger partial charge in [-0.1, -0.05) is 35.3 Å². The van der Waals surface area contributed by atoms with E-state index in [-0.39, 0.29) is 5.02 Å². The number of halogens is 5. The van der Waals surface area contributed by atoms with Gasteiger partial charge >= 0.3 is 6.18 Å². The van der Waals surface area contributed by atoms with Gasteiger partial charge in [-0.3, -0.25) is 4.72 Å². The molecule has 3 nitrogen and oxygen atoms in total. The Bertz CT molecular complexity index is 863. The van der Waals surface area contributed by atoms with Crippen LogP contribution in [0.5, 0.6) is 0 Å². The third kappa shape index (κ3) is 5.15. The summed E-state index contributed by atoms with van der Waals surface area (Å²) in [6.07, 6.45) is -3.51. The summed E-state index contributed by atoms with van der Waals surface area (Å²) in [5.41, 5.74) is -1.25. The van der Waals surface area contributed by atoms with Gasteiger partial charge in [0.05, 0.1) is 16.7 Å². The van der Waals surface area contributed by atoms with Crippen LogP contribution in [0.15, 0.2) is 47.9 Å². The lowest BCUT2D eigenvalue weighted by Gasteiger charge is -2.14. The van der Waals surface area contributed by atoms with Gasteiger partial charge < -0.3 is 0 Å². The summed E-state index contributed by atoms with van der Waals surface area (Å²) in [4.78, 5) is 0. The molecule has 0 aromatic heterocycles. The van der Waals surface area contributed by atoms with E-state index >= 15 is 0 Å². The van der Waals surface area contributed by atoms with Gasteiger partial charge in [-0.25, -0.2) is 8.42 Å². The quantitative estimate of drug-likeness (QED) is 0.750. The van der Waals surface area contributed by atoms with Crippen LogP contribution in [0.4, 0.5) is 18.9 Å². The van der Waals surface area contributed by atoms with E-state index < -0.39 is 27.5 Å². The summed E-state index contributed by atoms with van der Waals surface area (Å²) in [6.45, 7) is 0. The monoisotopic (exact) mass is 395 g/mol. The highest BCUT2D eigenvalue weighted by Crippen LogP contribution is 2.36. The van der Waals surface area contributed by atoms with Crippen molar-refractivity contribution < 1.29 is 21.6 Å². The molecule has 0 atom stereocenters. The van der Waals surface area contributed by atoms with Crippen LogP contribution in [-0.2, 0) is 16.2 Å². The molecule has 24 heavy (non-hydrogen) atoms. The highest BCUT2D eigenvalue weighted by atomic mass is 35.5. The Kier molecular flexibility index (Phi) is 5.47. The van der Waals surface area contributed by atoms with Crippen molar-refractivity contribution in [2.24, 2.45) is 0 Å². The van der Waals surface area contributed by atoms with Gasteiger partial charge in [0.15, 0.2) is 0 Å². The van der Waals surface area contributed by atoms with Crippen LogP contribution in [0, 0.1) is 0 Å². The van der Waals surface area contributed by atoms with Crippen LogP contribution in [0.2, 0.25) is 10.0 Å². The fourth-order valence-electron chi connectivity index (χ4n) is 1.77. The van der Waals surface area contributed by atoms with E-state index in [1.807, 2.05) is 4.72 Å². The lowest BCUT2D eigenvalue weighted by Crippen LogP contribution is -2.15. The normalized spacial score (nSPS) is 12.5. The van der Waals surface area contributed by atoms with E-state index in [2.05, 4.69) is 0 Å². The first kappa shape index (κ1) is 18.6. The summed E-state index contributed by atoms with van der Waals surface area (Å²) >= 11 is 11.3. The average Bonchev–Trinajstić information content (AvgIpc) is 2.47. The number of hydrogen-bond acceptors (Lipinski definition) is 2. The minimum Gasteiger partial charge on any atom is -0.280 e. The molecular weight excluding hydrogens is 386 g/mol. The maximum atomic E-state index is 13.0. The van der Waals surface area contributed by atoms with Crippen LogP contribution in [-0.4, -0.2) is 8.42 Å². The largest absolute Gasteiger partial charge is 0.418 e. The van der Waals surface area contributed by atoms with E-state index in [0.29, 0.717) is 16.7 Å². The highest BCUT2D eigenvalue weighted by molar-refractivity contribution is 7.95. The zero-order valence-electron chi connectivity index (χ0n) is 11.8. The van der Waals surface area contributed by atoms with E-state index in [1.54, 1.807) is 24.3 Å². The van der Waals surface area contributed by atoms with Crippen LogP contribution >= 0.6 is 23.2 Å². The molecule has 0 unspecified atom stereocenters. The average molecular weight is 396 g/mol. The van der Waals surface area contributed by atoms with Gasteiger partial charge in [-0.15, -0.1) is 0 Å². The van der Waals surface area contributed by atoms with Gasteiger partial charge in [-0.05, 0) is 42.0 Å². The third-order valence-electron chi connectivity index (χ3n) is 2.85.